The van der Waals surface area contributed by atoms with Crippen LogP contribution >= 0.6 is 11.6 Å². The van der Waals surface area contributed by atoms with Crippen LogP contribution in [0.2, 0.25) is 5.02 Å². The summed E-state index contributed by atoms with van der Waals surface area (Å²) in [5.41, 5.74) is 6.67. The quantitative estimate of drug-likeness (QED) is 0.680. The Morgan fingerprint density at radius 2 is 2.13 bits per heavy atom. The number of anilines is 2. The first kappa shape index (κ1) is 11.7. The van der Waals surface area contributed by atoms with Crippen molar-refractivity contribution in [2.24, 2.45) is 0 Å². The summed E-state index contributed by atoms with van der Waals surface area (Å²) in [7, 11) is 0. The highest BCUT2D eigenvalue weighted by atomic mass is 35.5. The van der Waals surface area contributed by atoms with E-state index in [0.29, 0.717) is 16.4 Å². The first-order chi connectivity index (χ1) is 6.99. The molecule has 0 spiro atoms. The molecule has 4 nitrogen and oxygen atoms in total. The summed E-state index contributed by atoms with van der Waals surface area (Å²) in [4.78, 5) is 11.4. The fourth-order valence-electron chi connectivity index (χ4n) is 1.06. The Bertz CT molecular complexity index is 366. The van der Waals surface area contributed by atoms with Gasteiger partial charge in [-0.2, -0.15) is 0 Å². The zero-order valence-electron chi connectivity index (χ0n) is 8.67. The Labute approximate surface area is 93.8 Å². The van der Waals surface area contributed by atoms with E-state index in [4.69, 9.17) is 17.3 Å². The average molecular weight is 228 g/mol. The van der Waals surface area contributed by atoms with Gasteiger partial charge >= 0.3 is 6.03 Å². The second kappa shape index (κ2) is 4.89. The topological polar surface area (TPSA) is 67.2 Å². The number of nitrogen functional groups attached to an aromatic ring is 1. The summed E-state index contributed by atoms with van der Waals surface area (Å²) in [5, 5.41) is 5.84. The number of carbonyl (C=O) groups is 1. The number of amides is 2. The zero-order valence-corrected chi connectivity index (χ0v) is 9.43. The monoisotopic (exact) mass is 227 g/mol. The van der Waals surface area contributed by atoms with Gasteiger partial charge < -0.3 is 16.4 Å². The van der Waals surface area contributed by atoms with Crippen LogP contribution in [0.15, 0.2) is 18.2 Å². The molecule has 0 atom stereocenters. The third kappa shape index (κ3) is 3.67. The van der Waals surface area contributed by atoms with Gasteiger partial charge in [-0.15, -0.1) is 0 Å². The average Bonchev–Trinajstić information content (AvgIpc) is 2.10. The van der Waals surface area contributed by atoms with E-state index in [1.807, 2.05) is 13.8 Å². The molecule has 0 aliphatic rings. The molecule has 1 rings (SSSR count). The largest absolute Gasteiger partial charge is 0.397 e. The van der Waals surface area contributed by atoms with Crippen LogP contribution in [0.3, 0.4) is 0 Å². The predicted molar refractivity (Wildman–Crippen MR) is 63.2 cm³/mol. The fraction of sp³-hybridized carbons (Fsp3) is 0.300. The van der Waals surface area contributed by atoms with E-state index in [2.05, 4.69) is 10.6 Å². The van der Waals surface area contributed by atoms with Gasteiger partial charge in [0.2, 0.25) is 0 Å². The van der Waals surface area contributed by atoms with Crippen molar-refractivity contribution in [3.63, 3.8) is 0 Å². The Balaban J connectivity index is 2.71. The van der Waals surface area contributed by atoms with Crippen molar-refractivity contribution in [3.8, 4) is 0 Å². The van der Waals surface area contributed by atoms with Crippen LogP contribution in [0.5, 0.6) is 0 Å². The number of halogens is 1. The molecule has 0 aromatic heterocycles. The van der Waals surface area contributed by atoms with Crippen LogP contribution in [0, 0.1) is 0 Å². The molecule has 1 aromatic carbocycles. The van der Waals surface area contributed by atoms with Gasteiger partial charge in [-0.25, -0.2) is 4.79 Å². The molecule has 82 valence electrons. The van der Waals surface area contributed by atoms with Crippen molar-refractivity contribution in [1.29, 1.82) is 0 Å². The summed E-state index contributed by atoms with van der Waals surface area (Å²) in [6.07, 6.45) is 0. The number of urea groups is 1. The van der Waals surface area contributed by atoms with E-state index < -0.39 is 0 Å². The van der Waals surface area contributed by atoms with Crippen molar-refractivity contribution >= 4 is 29.0 Å². The second-order valence-electron chi connectivity index (χ2n) is 3.48. The van der Waals surface area contributed by atoms with Crippen molar-refractivity contribution < 1.29 is 4.79 Å². The van der Waals surface area contributed by atoms with Crippen LogP contribution < -0.4 is 16.4 Å². The Morgan fingerprint density at radius 3 is 2.73 bits per heavy atom. The van der Waals surface area contributed by atoms with Crippen molar-refractivity contribution in [3.05, 3.63) is 23.2 Å². The van der Waals surface area contributed by atoms with Gasteiger partial charge in [-0.05, 0) is 32.0 Å². The summed E-state index contributed by atoms with van der Waals surface area (Å²) < 4.78 is 0. The molecule has 4 N–H and O–H groups in total. The smallest absolute Gasteiger partial charge is 0.319 e. The molecule has 0 radical (unpaired) electrons. The molecular formula is C10H14ClN3O. The number of nitrogens with two attached hydrogens (primary N) is 1. The molecule has 1 aromatic rings. The first-order valence-electron chi connectivity index (χ1n) is 4.61. The van der Waals surface area contributed by atoms with Gasteiger partial charge in [0.05, 0.1) is 11.4 Å². The normalized spacial score (nSPS) is 10.1. The molecule has 0 unspecified atom stereocenters. The second-order valence-corrected chi connectivity index (χ2v) is 3.92. The molecule has 0 saturated heterocycles. The van der Waals surface area contributed by atoms with Crippen LogP contribution in [0.4, 0.5) is 16.2 Å². The van der Waals surface area contributed by atoms with E-state index in [1.165, 1.54) is 0 Å². The van der Waals surface area contributed by atoms with Crippen LogP contribution in [0.1, 0.15) is 13.8 Å². The molecule has 0 aliphatic carbocycles. The number of nitrogens with one attached hydrogen (secondary N) is 2. The first-order valence-corrected chi connectivity index (χ1v) is 4.99. The third-order valence-corrected chi connectivity index (χ3v) is 1.92. The highest BCUT2D eigenvalue weighted by Gasteiger charge is 2.06. The Kier molecular flexibility index (Phi) is 3.80. The minimum atomic E-state index is -0.293. The van der Waals surface area contributed by atoms with E-state index in [9.17, 15) is 4.79 Å². The van der Waals surface area contributed by atoms with Crippen molar-refractivity contribution in [2.45, 2.75) is 19.9 Å². The summed E-state index contributed by atoms with van der Waals surface area (Å²) in [6.45, 7) is 3.75. The molecule has 2 amide bonds. The van der Waals surface area contributed by atoms with Gasteiger partial charge in [-0.1, -0.05) is 11.6 Å². The lowest BCUT2D eigenvalue weighted by molar-refractivity contribution is 0.250. The number of hydrogen-bond donors (Lipinski definition) is 3. The van der Waals surface area contributed by atoms with Gasteiger partial charge in [0, 0.05) is 11.1 Å². The van der Waals surface area contributed by atoms with Gasteiger partial charge in [0.25, 0.3) is 0 Å². The number of carbonyl (C=O) groups excluding carboxylic acids is 1. The zero-order chi connectivity index (χ0) is 11.4. The Morgan fingerprint density at radius 1 is 1.47 bits per heavy atom. The summed E-state index contributed by atoms with van der Waals surface area (Å²) in [5.74, 6) is 0. The minimum absolute atomic E-state index is 0.0745. The summed E-state index contributed by atoms with van der Waals surface area (Å²) >= 11 is 5.78. The summed E-state index contributed by atoms with van der Waals surface area (Å²) in [6, 6.07) is 4.70. The van der Waals surface area contributed by atoms with Gasteiger partial charge in [-0.3, -0.25) is 0 Å². The van der Waals surface area contributed by atoms with E-state index in [1.54, 1.807) is 18.2 Å². The molecule has 5 heteroatoms. The number of hydrogen-bond acceptors (Lipinski definition) is 2. The molecule has 0 bridgehead atoms. The fourth-order valence-corrected chi connectivity index (χ4v) is 1.23. The maximum atomic E-state index is 11.4. The number of benzene rings is 1. The molecule has 0 fully saturated rings. The van der Waals surface area contributed by atoms with Gasteiger partial charge in [0.15, 0.2) is 0 Å². The van der Waals surface area contributed by atoms with Crippen LogP contribution in [-0.2, 0) is 0 Å². The van der Waals surface area contributed by atoms with Gasteiger partial charge in [0.1, 0.15) is 0 Å². The maximum absolute atomic E-state index is 11.4. The standard InChI is InChI=1S/C10H14ClN3O/c1-6(2)13-10(15)14-9-5-7(11)3-4-8(9)12/h3-6H,12H2,1-2H3,(H2,13,14,15). The highest BCUT2D eigenvalue weighted by Crippen LogP contribution is 2.22. The van der Waals surface area contributed by atoms with Crippen LogP contribution in [0.25, 0.3) is 0 Å². The minimum Gasteiger partial charge on any atom is -0.397 e. The molecule has 0 heterocycles. The van der Waals surface area contributed by atoms with E-state index >= 15 is 0 Å². The molecule has 0 aliphatic heterocycles. The molecular weight excluding hydrogens is 214 g/mol. The van der Waals surface area contributed by atoms with Crippen molar-refractivity contribution in [2.75, 3.05) is 11.1 Å². The lowest BCUT2D eigenvalue weighted by Gasteiger charge is -2.11. The molecule has 0 saturated carbocycles. The predicted octanol–water partition coefficient (Wildman–Crippen LogP) is 2.45. The van der Waals surface area contributed by atoms with Crippen molar-refractivity contribution in [1.82, 2.24) is 5.32 Å². The molecule has 15 heavy (non-hydrogen) atoms. The lowest BCUT2D eigenvalue weighted by atomic mass is 10.3. The number of rotatable bonds is 2. The maximum Gasteiger partial charge on any atom is 0.319 e. The SMILES string of the molecule is CC(C)NC(=O)Nc1cc(Cl)ccc1N. The van der Waals surface area contributed by atoms with E-state index in [-0.39, 0.29) is 12.1 Å². The van der Waals surface area contributed by atoms with Crippen LogP contribution in [-0.4, -0.2) is 12.1 Å². The van der Waals surface area contributed by atoms with E-state index in [0.717, 1.165) is 0 Å². The Hall–Kier alpha value is -1.42. The lowest BCUT2D eigenvalue weighted by Crippen LogP contribution is -2.34. The third-order valence-electron chi connectivity index (χ3n) is 1.68. The highest BCUT2D eigenvalue weighted by molar-refractivity contribution is 6.31.